The lowest BCUT2D eigenvalue weighted by Gasteiger charge is -2.08. The van der Waals surface area contributed by atoms with Crippen LogP contribution in [0.5, 0.6) is 0 Å². The van der Waals surface area contributed by atoms with Gasteiger partial charge in [0.15, 0.2) is 0 Å². The largest absolute Gasteiger partial charge is 0.381 e. The first-order valence-corrected chi connectivity index (χ1v) is 4.40. The summed E-state index contributed by atoms with van der Waals surface area (Å²) < 4.78 is 0. The molecule has 0 atom stereocenters. The number of benzene rings is 1. The van der Waals surface area contributed by atoms with E-state index >= 15 is 0 Å². The van der Waals surface area contributed by atoms with Gasteiger partial charge in [-0.3, -0.25) is 4.79 Å². The molecule has 1 amide bonds. The maximum Gasteiger partial charge on any atom is 0.250 e. The van der Waals surface area contributed by atoms with E-state index < -0.39 is 5.91 Å². The van der Waals surface area contributed by atoms with Gasteiger partial charge in [0.1, 0.15) is 0 Å². The normalized spacial score (nSPS) is 9.50. The number of aryl methyl sites for hydroxylation is 1. The van der Waals surface area contributed by atoms with E-state index in [0.717, 1.165) is 11.3 Å². The Morgan fingerprint density at radius 2 is 2.36 bits per heavy atom. The van der Waals surface area contributed by atoms with E-state index in [1.807, 2.05) is 19.1 Å². The molecule has 14 heavy (non-hydrogen) atoms. The van der Waals surface area contributed by atoms with Crippen LogP contribution in [0.3, 0.4) is 0 Å². The van der Waals surface area contributed by atoms with E-state index in [9.17, 15) is 4.79 Å². The van der Waals surface area contributed by atoms with Crippen LogP contribution >= 0.6 is 0 Å². The molecule has 74 valence electrons. The third kappa shape index (κ3) is 2.36. The number of primary amides is 1. The summed E-state index contributed by atoms with van der Waals surface area (Å²) >= 11 is 0. The highest BCUT2D eigenvalue weighted by Crippen LogP contribution is 2.16. The van der Waals surface area contributed by atoms with Crippen LogP contribution in [0.4, 0.5) is 5.69 Å². The standard InChI is InChI=1S/C11H14N2O/c1-3-6-13-10-5-4-8(2)7-9(10)11(12)14/h3-5,7,13H,1,6H2,2H3,(H2,12,14). The SMILES string of the molecule is C=CCNc1ccc(C)cc1C(N)=O. The van der Waals surface area contributed by atoms with Crippen molar-refractivity contribution >= 4 is 11.6 Å². The summed E-state index contributed by atoms with van der Waals surface area (Å²) in [5, 5.41) is 3.05. The van der Waals surface area contributed by atoms with Crippen LogP contribution in [0, 0.1) is 6.92 Å². The fourth-order valence-electron chi connectivity index (χ4n) is 1.20. The molecule has 3 nitrogen and oxygen atoms in total. The zero-order valence-corrected chi connectivity index (χ0v) is 8.21. The minimum atomic E-state index is -0.416. The number of hydrogen-bond acceptors (Lipinski definition) is 2. The predicted octanol–water partition coefficient (Wildman–Crippen LogP) is 1.69. The Morgan fingerprint density at radius 1 is 1.64 bits per heavy atom. The summed E-state index contributed by atoms with van der Waals surface area (Å²) in [5.74, 6) is -0.416. The highest BCUT2D eigenvalue weighted by molar-refractivity contribution is 5.98. The summed E-state index contributed by atoms with van der Waals surface area (Å²) in [6.07, 6.45) is 1.73. The molecule has 0 aromatic heterocycles. The minimum absolute atomic E-state index is 0.416. The fraction of sp³-hybridized carbons (Fsp3) is 0.182. The Balaban J connectivity index is 3.01. The number of amides is 1. The third-order valence-corrected chi connectivity index (χ3v) is 1.88. The van der Waals surface area contributed by atoms with Crippen molar-refractivity contribution in [2.45, 2.75) is 6.92 Å². The zero-order chi connectivity index (χ0) is 10.6. The molecule has 0 saturated heterocycles. The fourth-order valence-corrected chi connectivity index (χ4v) is 1.20. The first-order valence-electron chi connectivity index (χ1n) is 4.40. The number of hydrogen-bond donors (Lipinski definition) is 2. The van der Waals surface area contributed by atoms with Gasteiger partial charge in [0.25, 0.3) is 5.91 Å². The molecule has 3 heteroatoms. The molecule has 0 fully saturated rings. The minimum Gasteiger partial charge on any atom is -0.381 e. The van der Waals surface area contributed by atoms with Gasteiger partial charge < -0.3 is 11.1 Å². The van der Waals surface area contributed by atoms with Crippen LogP contribution < -0.4 is 11.1 Å². The van der Waals surface area contributed by atoms with E-state index in [1.54, 1.807) is 12.1 Å². The molecule has 0 aliphatic carbocycles. The van der Waals surface area contributed by atoms with Gasteiger partial charge in [0, 0.05) is 12.2 Å². The molecule has 0 radical (unpaired) electrons. The van der Waals surface area contributed by atoms with Gasteiger partial charge in [0.05, 0.1) is 5.56 Å². The summed E-state index contributed by atoms with van der Waals surface area (Å²) in [6.45, 7) is 6.12. The monoisotopic (exact) mass is 190 g/mol. The molecule has 1 aromatic rings. The van der Waals surface area contributed by atoms with E-state index in [-0.39, 0.29) is 0 Å². The second kappa shape index (κ2) is 4.46. The van der Waals surface area contributed by atoms with Crippen molar-refractivity contribution in [2.75, 3.05) is 11.9 Å². The molecular weight excluding hydrogens is 176 g/mol. The van der Waals surface area contributed by atoms with Crippen molar-refractivity contribution in [3.63, 3.8) is 0 Å². The maximum atomic E-state index is 11.1. The molecule has 0 saturated carbocycles. The van der Waals surface area contributed by atoms with E-state index in [0.29, 0.717) is 12.1 Å². The predicted molar refractivity (Wildman–Crippen MR) is 58.4 cm³/mol. The number of carbonyl (C=O) groups excluding carboxylic acids is 1. The first kappa shape index (κ1) is 10.3. The Kier molecular flexibility index (Phi) is 3.29. The maximum absolute atomic E-state index is 11.1. The van der Waals surface area contributed by atoms with E-state index in [2.05, 4.69) is 11.9 Å². The van der Waals surface area contributed by atoms with E-state index in [1.165, 1.54) is 0 Å². The topological polar surface area (TPSA) is 55.1 Å². The second-order valence-electron chi connectivity index (χ2n) is 3.08. The lowest BCUT2D eigenvalue weighted by molar-refractivity contribution is 0.100. The Bertz CT molecular complexity index is 358. The van der Waals surface area contributed by atoms with Gasteiger partial charge in [-0.1, -0.05) is 17.7 Å². The number of carbonyl (C=O) groups is 1. The van der Waals surface area contributed by atoms with Crippen molar-refractivity contribution < 1.29 is 4.79 Å². The molecule has 0 aliphatic heterocycles. The second-order valence-corrected chi connectivity index (χ2v) is 3.08. The van der Waals surface area contributed by atoms with Crippen LogP contribution in [0.2, 0.25) is 0 Å². The highest BCUT2D eigenvalue weighted by atomic mass is 16.1. The van der Waals surface area contributed by atoms with Gasteiger partial charge in [-0.25, -0.2) is 0 Å². The van der Waals surface area contributed by atoms with Crippen molar-refractivity contribution in [3.05, 3.63) is 42.0 Å². The Hall–Kier alpha value is -1.77. The molecule has 0 unspecified atom stereocenters. The lowest BCUT2D eigenvalue weighted by Crippen LogP contribution is -2.14. The Morgan fingerprint density at radius 3 is 2.93 bits per heavy atom. The smallest absolute Gasteiger partial charge is 0.250 e. The van der Waals surface area contributed by atoms with Crippen molar-refractivity contribution in [2.24, 2.45) is 5.73 Å². The van der Waals surface area contributed by atoms with Gasteiger partial charge in [0.2, 0.25) is 0 Å². The number of nitrogens with two attached hydrogens (primary N) is 1. The summed E-state index contributed by atoms with van der Waals surface area (Å²) in [5.41, 5.74) is 7.54. The third-order valence-electron chi connectivity index (χ3n) is 1.88. The molecule has 1 rings (SSSR count). The number of rotatable bonds is 4. The molecule has 0 heterocycles. The number of anilines is 1. The summed E-state index contributed by atoms with van der Waals surface area (Å²) in [7, 11) is 0. The zero-order valence-electron chi connectivity index (χ0n) is 8.21. The molecule has 0 spiro atoms. The summed E-state index contributed by atoms with van der Waals surface area (Å²) in [6, 6.07) is 5.55. The van der Waals surface area contributed by atoms with Crippen LogP contribution in [0.25, 0.3) is 0 Å². The van der Waals surface area contributed by atoms with Crippen molar-refractivity contribution in [3.8, 4) is 0 Å². The molecule has 1 aromatic carbocycles. The van der Waals surface area contributed by atoms with Crippen LogP contribution in [-0.2, 0) is 0 Å². The van der Waals surface area contributed by atoms with Gasteiger partial charge >= 0.3 is 0 Å². The van der Waals surface area contributed by atoms with Crippen LogP contribution in [-0.4, -0.2) is 12.5 Å². The van der Waals surface area contributed by atoms with Gasteiger partial charge in [-0.2, -0.15) is 0 Å². The van der Waals surface area contributed by atoms with Gasteiger partial charge in [-0.05, 0) is 19.1 Å². The van der Waals surface area contributed by atoms with Gasteiger partial charge in [-0.15, -0.1) is 6.58 Å². The van der Waals surface area contributed by atoms with Crippen LogP contribution in [0.15, 0.2) is 30.9 Å². The lowest BCUT2D eigenvalue weighted by atomic mass is 10.1. The number of nitrogens with one attached hydrogen (secondary N) is 1. The Labute approximate surface area is 83.6 Å². The van der Waals surface area contributed by atoms with Crippen LogP contribution in [0.1, 0.15) is 15.9 Å². The molecular formula is C11H14N2O. The molecule has 3 N–H and O–H groups in total. The molecule has 0 aliphatic rings. The van der Waals surface area contributed by atoms with E-state index in [4.69, 9.17) is 5.73 Å². The highest BCUT2D eigenvalue weighted by Gasteiger charge is 2.06. The average Bonchev–Trinajstić information content (AvgIpc) is 2.15. The quantitative estimate of drug-likeness (QED) is 0.710. The first-order chi connectivity index (χ1) is 6.65. The summed E-state index contributed by atoms with van der Waals surface area (Å²) in [4.78, 5) is 11.1. The average molecular weight is 190 g/mol. The molecule has 0 bridgehead atoms. The van der Waals surface area contributed by atoms with Crippen molar-refractivity contribution in [1.82, 2.24) is 0 Å². The van der Waals surface area contributed by atoms with Crippen molar-refractivity contribution in [1.29, 1.82) is 0 Å².